The standard InChI is InChI=1S/C16H22N2O3/c1-11-3-4-14(7-12(11)2)17-15(19)10-18-6-5-13(9-18)8-16(20)21/h3-4,7,13H,5-6,8-10H2,1-2H3,(H,17,19)(H,20,21). The van der Waals surface area contributed by atoms with E-state index in [9.17, 15) is 9.59 Å². The first kappa shape index (κ1) is 15.5. The fourth-order valence-corrected chi connectivity index (χ4v) is 2.69. The van der Waals surface area contributed by atoms with Gasteiger partial charge in [-0.2, -0.15) is 0 Å². The first-order valence-electron chi connectivity index (χ1n) is 7.25. The van der Waals surface area contributed by atoms with Gasteiger partial charge >= 0.3 is 5.97 Å². The van der Waals surface area contributed by atoms with E-state index in [0.717, 1.165) is 24.2 Å². The second-order valence-corrected chi connectivity index (χ2v) is 5.83. The maximum Gasteiger partial charge on any atom is 0.303 e. The topological polar surface area (TPSA) is 69.6 Å². The number of carbonyl (C=O) groups excluding carboxylic acids is 1. The predicted molar refractivity (Wildman–Crippen MR) is 81.3 cm³/mol. The zero-order chi connectivity index (χ0) is 15.4. The van der Waals surface area contributed by atoms with E-state index in [0.29, 0.717) is 13.1 Å². The van der Waals surface area contributed by atoms with Crippen LogP contribution in [0.1, 0.15) is 24.0 Å². The lowest BCUT2D eigenvalue weighted by Gasteiger charge is -2.15. The van der Waals surface area contributed by atoms with Gasteiger partial charge in [-0.1, -0.05) is 6.07 Å². The number of carboxylic acids is 1. The molecule has 0 aromatic heterocycles. The molecule has 1 atom stereocenters. The third-order valence-electron chi connectivity index (χ3n) is 3.99. The van der Waals surface area contributed by atoms with Crippen LogP contribution in [-0.2, 0) is 9.59 Å². The molecule has 1 amide bonds. The maximum absolute atomic E-state index is 12.0. The average molecular weight is 290 g/mol. The highest BCUT2D eigenvalue weighted by molar-refractivity contribution is 5.92. The summed E-state index contributed by atoms with van der Waals surface area (Å²) in [6.45, 7) is 5.85. The summed E-state index contributed by atoms with van der Waals surface area (Å²) < 4.78 is 0. The third-order valence-corrected chi connectivity index (χ3v) is 3.99. The quantitative estimate of drug-likeness (QED) is 0.870. The molecular formula is C16H22N2O3. The number of carboxylic acid groups (broad SMARTS) is 1. The molecule has 1 aliphatic rings. The van der Waals surface area contributed by atoms with Gasteiger partial charge in [0.2, 0.25) is 5.91 Å². The van der Waals surface area contributed by atoms with Crippen molar-refractivity contribution in [2.75, 3.05) is 25.0 Å². The second-order valence-electron chi connectivity index (χ2n) is 5.83. The summed E-state index contributed by atoms with van der Waals surface area (Å²) in [5, 5.41) is 11.7. The zero-order valence-corrected chi connectivity index (χ0v) is 12.6. The van der Waals surface area contributed by atoms with Gasteiger partial charge < -0.3 is 10.4 Å². The van der Waals surface area contributed by atoms with Gasteiger partial charge in [-0.05, 0) is 56.0 Å². The van der Waals surface area contributed by atoms with Crippen molar-refractivity contribution in [2.45, 2.75) is 26.7 Å². The van der Waals surface area contributed by atoms with Crippen molar-refractivity contribution in [2.24, 2.45) is 5.92 Å². The Balaban J connectivity index is 1.82. The van der Waals surface area contributed by atoms with Gasteiger partial charge in [-0.15, -0.1) is 0 Å². The summed E-state index contributed by atoms with van der Waals surface area (Å²) in [6.07, 6.45) is 1.04. The van der Waals surface area contributed by atoms with Gasteiger partial charge in [0.1, 0.15) is 0 Å². The molecule has 0 saturated carbocycles. The van der Waals surface area contributed by atoms with E-state index < -0.39 is 5.97 Å². The van der Waals surface area contributed by atoms with Crippen molar-refractivity contribution in [1.82, 2.24) is 4.90 Å². The van der Waals surface area contributed by atoms with Crippen LogP contribution in [0, 0.1) is 19.8 Å². The Kier molecular flexibility index (Phi) is 4.96. The molecule has 2 N–H and O–H groups in total. The fraction of sp³-hybridized carbons (Fsp3) is 0.500. The molecule has 1 aliphatic heterocycles. The summed E-state index contributed by atoms with van der Waals surface area (Å²) in [5.74, 6) is -0.646. The highest BCUT2D eigenvalue weighted by atomic mass is 16.4. The molecule has 2 rings (SSSR count). The van der Waals surface area contributed by atoms with Gasteiger partial charge in [-0.3, -0.25) is 14.5 Å². The van der Waals surface area contributed by atoms with Crippen LogP contribution in [0.25, 0.3) is 0 Å². The number of aliphatic carboxylic acids is 1. The lowest BCUT2D eigenvalue weighted by Crippen LogP contribution is -2.31. The van der Waals surface area contributed by atoms with E-state index in [1.165, 1.54) is 5.56 Å². The number of aryl methyl sites for hydroxylation is 2. The van der Waals surface area contributed by atoms with Crippen LogP contribution >= 0.6 is 0 Å². The number of nitrogens with one attached hydrogen (secondary N) is 1. The number of nitrogens with zero attached hydrogens (tertiary/aromatic N) is 1. The van der Waals surface area contributed by atoms with E-state index in [1.807, 2.05) is 36.9 Å². The minimum atomic E-state index is -0.763. The maximum atomic E-state index is 12.0. The van der Waals surface area contributed by atoms with Crippen molar-refractivity contribution < 1.29 is 14.7 Å². The molecule has 114 valence electrons. The number of rotatable bonds is 5. The number of hydrogen-bond donors (Lipinski definition) is 2. The van der Waals surface area contributed by atoms with Crippen molar-refractivity contribution in [3.63, 3.8) is 0 Å². The van der Waals surface area contributed by atoms with E-state index in [4.69, 9.17) is 5.11 Å². The molecule has 1 aromatic carbocycles. The average Bonchev–Trinajstić information content (AvgIpc) is 2.80. The Morgan fingerprint density at radius 2 is 2.10 bits per heavy atom. The molecule has 5 heteroatoms. The Bertz CT molecular complexity index is 542. The summed E-state index contributed by atoms with van der Waals surface area (Å²) in [5.41, 5.74) is 3.16. The number of hydrogen-bond acceptors (Lipinski definition) is 3. The van der Waals surface area contributed by atoms with Crippen molar-refractivity contribution in [3.05, 3.63) is 29.3 Å². The van der Waals surface area contributed by atoms with Crippen LogP contribution in [0.15, 0.2) is 18.2 Å². The van der Waals surface area contributed by atoms with Gasteiger partial charge in [0, 0.05) is 18.7 Å². The Labute approximate surface area is 125 Å². The molecule has 1 aromatic rings. The van der Waals surface area contributed by atoms with Gasteiger partial charge in [0.15, 0.2) is 0 Å². The molecule has 1 saturated heterocycles. The Morgan fingerprint density at radius 1 is 1.33 bits per heavy atom. The molecule has 1 heterocycles. The highest BCUT2D eigenvalue weighted by Crippen LogP contribution is 2.19. The molecule has 0 bridgehead atoms. The Hall–Kier alpha value is -1.88. The number of likely N-dealkylation sites (tertiary alicyclic amines) is 1. The SMILES string of the molecule is Cc1ccc(NC(=O)CN2CCC(CC(=O)O)C2)cc1C. The molecule has 1 fully saturated rings. The van der Waals surface area contributed by atoms with Gasteiger partial charge in [0.05, 0.1) is 6.54 Å². The zero-order valence-electron chi connectivity index (χ0n) is 12.6. The molecule has 0 radical (unpaired) electrons. The van der Waals surface area contributed by atoms with Crippen molar-refractivity contribution >= 4 is 17.6 Å². The predicted octanol–water partition coefficient (Wildman–Crippen LogP) is 2.04. The molecule has 1 unspecified atom stereocenters. The Morgan fingerprint density at radius 3 is 2.76 bits per heavy atom. The van der Waals surface area contributed by atoms with E-state index in [2.05, 4.69) is 5.32 Å². The summed E-state index contributed by atoms with van der Waals surface area (Å²) in [7, 11) is 0. The van der Waals surface area contributed by atoms with Crippen LogP contribution in [0.4, 0.5) is 5.69 Å². The minimum absolute atomic E-state index is 0.0470. The van der Waals surface area contributed by atoms with Crippen molar-refractivity contribution in [3.8, 4) is 0 Å². The van der Waals surface area contributed by atoms with Gasteiger partial charge in [-0.25, -0.2) is 0 Å². The number of benzene rings is 1. The fourth-order valence-electron chi connectivity index (χ4n) is 2.69. The van der Waals surface area contributed by atoms with Crippen molar-refractivity contribution in [1.29, 1.82) is 0 Å². The summed E-state index contributed by atoms with van der Waals surface area (Å²) >= 11 is 0. The minimum Gasteiger partial charge on any atom is -0.481 e. The second kappa shape index (κ2) is 6.72. The monoisotopic (exact) mass is 290 g/mol. The lowest BCUT2D eigenvalue weighted by molar-refractivity contribution is -0.138. The highest BCUT2D eigenvalue weighted by Gasteiger charge is 2.25. The van der Waals surface area contributed by atoms with E-state index in [1.54, 1.807) is 0 Å². The van der Waals surface area contributed by atoms with E-state index >= 15 is 0 Å². The van der Waals surface area contributed by atoms with Crippen LogP contribution in [0.2, 0.25) is 0 Å². The molecule has 21 heavy (non-hydrogen) atoms. The third kappa shape index (κ3) is 4.56. The summed E-state index contributed by atoms with van der Waals surface area (Å²) in [6, 6.07) is 5.85. The van der Waals surface area contributed by atoms with E-state index in [-0.39, 0.29) is 18.2 Å². The molecule has 5 nitrogen and oxygen atoms in total. The number of anilines is 1. The smallest absolute Gasteiger partial charge is 0.303 e. The largest absolute Gasteiger partial charge is 0.481 e. The van der Waals surface area contributed by atoms with Crippen LogP contribution in [0.3, 0.4) is 0 Å². The normalized spacial score (nSPS) is 18.7. The molecule has 0 aliphatic carbocycles. The van der Waals surface area contributed by atoms with Crippen LogP contribution in [-0.4, -0.2) is 41.5 Å². The van der Waals surface area contributed by atoms with Crippen LogP contribution < -0.4 is 5.32 Å². The first-order chi connectivity index (χ1) is 9.94. The number of amides is 1. The first-order valence-corrected chi connectivity index (χ1v) is 7.25. The lowest BCUT2D eigenvalue weighted by atomic mass is 10.1. The molecule has 0 spiro atoms. The van der Waals surface area contributed by atoms with Gasteiger partial charge in [0.25, 0.3) is 0 Å². The van der Waals surface area contributed by atoms with Crippen LogP contribution in [0.5, 0.6) is 0 Å². The number of carbonyl (C=O) groups is 2. The summed E-state index contributed by atoms with van der Waals surface area (Å²) in [4.78, 5) is 24.7. The molecular weight excluding hydrogens is 268 g/mol.